The van der Waals surface area contributed by atoms with Crippen LogP contribution in [0.3, 0.4) is 0 Å². The molecule has 0 aromatic heterocycles. The topological polar surface area (TPSA) is 72.2 Å². The van der Waals surface area contributed by atoms with Crippen molar-refractivity contribution in [2.75, 3.05) is 5.32 Å². The van der Waals surface area contributed by atoms with Gasteiger partial charge in [0.25, 0.3) is 0 Å². The third-order valence-electron chi connectivity index (χ3n) is 2.99. The fourth-order valence-corrected chi connectivity index (χ4v) is 2.82. The third kappa shape index (κ3) is 4.03. The van der Waals surface area contributed by atoms with Gasteiger partial charge in [0.2, 0.25) is 10.0 Å². The number of nitrogens with two attached hydrogens (primary N) is 1. The Bertz CT molecular complexity index is 765. The van der Waals surface area contributed by atoms with Crippen LogP contribution in [0.4, 0.5) is 10.1 Å². The van der Waals surface area contributed by atoms with Crippen molar-refractivity contribution in [3.8, 4) is 0 Å². The Morgan fingerprint density at radius 1 is 1.24 bits per heavy atom. The molecule has 21 heavy (non-hydrogen) atoms. The van der Waals surface area contributed by atoms with E-state index in [9.17, 15) is 12.8 Å². The molecule has 0 amide bonds. The van der Waals surface area contributed by atoms with Gasteiger partial charge in [0.15, 0.2) is 0 Å². The molecule has 0 spiro atoms. The monoisotopic (exact) mass is 372 g/mol. The fourth-order valence-electron chi connectivity index (χ4n) is 1.89. The summed E-state index contributed by atoms with van der Waals surface area (Å²) < 4.78 is 36.7. The molecule has 0 bridgehead atoms. The number of primary sulfonamides is 1. The second-order valence-electron chi connectivity index (χ2n) is 4.61. The Morgan fingerprint density at radius 2 is 1.95 bits per heavy atom. The summed E-state index contributed by atoms with van der Waals surface area (Å²) in [5, 5.41) is 8.24. The van der Waals surface area contributed by atoms with E-state index in [1.807, 2.05) is 6.92 Å². The van der Waals surface area contributed by atoms with Crippen LogP contribution in [-0.2, 0) is 10.0 Å². The lowest BCUT2D eigenvalue weighted by Gasteiger charge is -2.17. The first-order chi connectivity index (χ1) is 9.77. The maximum absolute atomic E-state index is 13.3. The Morgan fingerprint density at radius 3 is 2.62 bits per heavy atom. The van der Waals surface area contributed by atoms with Crippen molar-refractivity contribution in [2.24, 2.45) is 5.14 Å². The highest BCUT2D eigenvalue weighted by Crippen LogP contribution is 2.27. The first kappa shape index (κ1) is 15.9. The predicted molar refractivity (Wildman–Crippen MR) is 84.0 cm³/mol. The van der Waals surface area contributed by atoms with Crippen molar-refractivity contribution in [1.29, 1.82) is 0 Å². The molecule has 2 rings (SSSR count). The quantitative estimate of drug-likeness (QED) is 0.863. The van der Waals surface area contributed by atoms with E-state index in [1.54, 1.807) is 18.2 Å². The lowest BCUT2D eigenvalue weighted by molar-refractivity contribution is 0.597. The third-order valence-corrected chi connectivity index (χ3v) is 4.59. The maximum atomic E-state index is 13.3. The van der Waals surface area contributed by atoms with Gasteiger partial charge in [0.1, 0.15) is 5.82 Å². The average Bonchev–Trinajstić information content (AvgIpc) is 2.42. The predicted octanol–water partition coefficient (Wildman–Crippen LogP) is 3.41. The molecule has 112 valence electrons. The molecule has 0 aliphatic heterocycles. The zero-order valence-corrected chi connectivity index (χ0v) is 13.6. The van der Waals surface area contributed by atoms with E-state index < -0.39 is 10.0 Å². The Balaban J connectivity index is 2.28. The Kier molecular flexibility index (Phi) is 4.65. The van der Waals surface area contributed by atoms with Crippen LogP contribution in [0.2, 0.25) is 0 Å². The minimum Gasteiger partial charge on any atom is -0.378 e. The molecule has 0 radical (unpaired) electrons. The molecule has 4 nitrogen and oxygen atoms in total. The van der Waals surface area contributed by atoms with Crippen LogP contribution in [0, 0.1) is 5.82 Å². The molecule has 0 fully saturated rings. The summed E-state index contributed by atoms with van der Waals surface area (Å²) in [5.74, 6) is -0.355. The molecule has 7 heteroatoms. The van der Waals surface area contributed by atoms with Gasteiger partial charge in [-0.05, 0) is 58.7 Å². The zero-order chi connectivity index (χ0) is 15.6. The second-order valence-corrected chi connectivity index (χ2v) is 7.02. The van der Waals surface area contributed by atoms with Gasteiger partial charge in [-0.15, -0.1) is 0 Å². The number of rotatable bonds is 4. The summed E-state index contributed by atoms with van der Waals surface area (Å²) in [6.07, 6.45) is 0. The Labute approximate surface area is 131 Å². The van der Waals surface area contributed by atoms with Crippen LogP contribution >= 0.6 is 15.9 Å². The van der Waals surface area contributed by atoms with Crippen molar-refractivity contribution in [2.45, 2.75) is 17.9 Å². The van der Waals surface area contributed by atoms with Gasteiger partial charge in [-0.25, -0.2) is 17.9 Å². The van der Waals surface area contributed by atoms with Crippen molar-refractivity contribution < 1.29 is 12.8 Å². The van der Waals surface area contributed by atoms with Crippen LogP contribution in [0.5, 0.6) is 0 Å². The molecular formula is C14H14BrFN2O2S. The van der Waals surface area contributed by atoms with Gasteiger partial charge in [-0.1, -0.05) is 12.1 Å². The van der Waals surface area contributed by atoms with Gasteiger partial charge in [0.05, 0.1) is 10.6 Å². The van der Waals surface area contributed by atoms with E-state index in [-0.39, 0.29) is 16.8 Å². The van der Waals surface area contributed by atoms with Crippen molar-refractivity contribution in [3.05, 3.63) is 58.3 Å². The molecule has 1 atom stereocenters. The van der Waals surface area contributed by atoms with E-state index >= 15 is 0 Å². The highest BCUT2D eigenvalue weighted by Gasteiger charge is 2.12. The molecule has 0 saturated carbocycles. The smallest absolute Gasteiger partial charge is 0.238 e. The molecule has 0 aliphatic rings. The first-order valence-corrected chi connectivity index (χ1v) is 8.45. The number of hydrogen-bond donors (Lipinski definition) is 2. The molecule has 0 saturated heterocycles. The van der Waals surface area contributed by atoms with Crippen LogP contribution in [-0.4, -0.2) is 8.42 Å². The van der Waals surface area contributed by atoms with Crippen molar-refractivity contribution >= 4 is 31.6 Å². The summed E-state index contributed by atoms with van der Waals surface area (Å²) >= 11 is 3.33. The molecule has 0 aliphatic carbocycles. The van der Waals surface area contributed by atoms with E-state index in [0.29, 0.717) is 5.69 Å². The SMILES string of the molecule is CC(Nc1cc(F)ccc1Br)c1cccc(S(N)(=O)=O)c1. The average molecular weight is 373 g/mol. The van der Waals surface area contributed by atoms with E-state index in [0.717, 1.165) is 10.0 Å². The molecule has 1 unspecified atom stereocenters. The second kappa shape index (κ2) is 6.13. The van der Waals surface area contributed by atoms with Gasteiger partial charge in [-0.2, -0.15) is 0 Å². The summed E-state index contributed by atoms with van der Waals surface area (Å²) in [6.45, 7) is 1.85. The number of hydrogen-bond acceptors (Lipinski definition) is 3. The minimum absolute atomic E-state index is 0.0481. The van der Waals surface area contributed by atoms with Crippen molar-refractivity contribution in [3.63, 3.8) is 0 Å². The maximum Gasteiger partial charge on any atom is 0.238 e. The minimum atomic E-state index is -3.74. The van der Waals surface area contributed by atoms with Crippen molar-refractivity contribution in [1.82, 2.24) is 0 Å². The molecule has 3 N–H and O–H groups in total. The largest absolute Gasteiger partial charge is 0.378 e. The zero-order valence-electron chi connectivity index (χ0n) is 11.2. The summed E-state index contributed by atoms with van der Waals surface area (Å²) in [7, 11) is -3.74. The fraction of sp³-hybridized carbons (Fsp3) is 0.143. The highest BCUT2D eigenvalue weighted by molar-refractivity contribution is 9.10. The van der Waals surface area contributed by atoms with E-state index in [4.69, 9.17) is 5.14 Å². The first-order valence-electron chi connectivity index (χ1n) is 6.12. The number of sulfonamides is 1. The van der Waals surface area contributed by atoms with E-state index in [1.165, 1.54) is 24.3 Å². The lowest BCUT2D eigenvalue weighted by atomic mass is 10.1. The number of anilines is 1. The standard InChI is InChI=1S/C14H14BrFN2O2S/c1-9(18-14-8-11(16)5-6-13(14)15)10-3-2-4-12(7-10)21(17,19)20/h2-9,18H,1H3,(H2,17,19,20). The molecular weight excluding hydrogens is 359 g/mol. The molecule has 0 heterocycles. The number of nitrogens with one attached hydrogen (secondary N) is 1. The normalized spacial score (nSPS) is 13.0. The lowest BCUT2D eigenvalue weighted by Crippen LogP contribution is -2.13. The van der Waals surface area contributed by atoms with Gasteiger partial charge >= 0.3 is 0 Å². The number of benzene rings is 2. The van der Waals surface area contributed by atoms with Crippen LogP contribution in [0.25, 0.3) is 0 Å². The summed E-state index contributed by atoms with van der Waals surface area (Å²) in [6, 6.07) is 10.4. The van der Waals surface area contributed by atoms with Crippen LogP contribution in [0.1, 0.15) is 18.5 Å². The van der Waals surface area contributed by atoms with Gasteiger partial charge in [-0.3, -0.25) is 0 Å². The van der Waals surface area contributed by atoms with Gasteiger partial charge < -0.3 is 5.32 Å². The number of halogens is 2. The van der Waals surface area contributed by atoms with Crippen LogP contribution in [0.15, 0.2) is 51.8 Å². The summed E-state index contributed by atoms with van der Waals surface area (Å²) in [4.78, 5) is 0.0481. The summed E-state index contributed by atoms with van der Waals surface area (Å²) in [5.41, 5.74) is 1.32. The molecule has 2 aromatic rings. The van der Waals surface area contributed by atoms with E-state index in [2.05, 4.69) is 21.2 Å². The molecule has 2 aromatic carbocycles. The Hall–Kier alpha value is -1.44. The highest BCUT2D eigenvalue weighted by atomic mass is 79.9. The van der Waals surface area contributed by atoms with Gasteiger partial charge in [0, 0.05) is 10.5 Å². The van der Waals surface area contributed by atoms with Crippen LogP contribution < -0.4 is 10.5 Å².